The van der Waals surface area contributed by atoms with Gasteiger partial charge in [0.2, 0.25) is 0 Å². The highest BCUT2D eigenvalue weighted by atomic mass is 16.3. The average molecular weight is 140 g/mol. The summed E-state index contributed by atoms with van der Waals surface area (Å²) in [6.45, 7) is 3.30. The monoisotopic (exact) mass is 140 g/mol. The Morgan fingerprint density at radius 2 is 1.90 bits per heavy atom. The Balaban J connectivity index is 3.90. The van der Waals surface area contributed by atoms with Gasteiger partial charge in [-0.2, -0.15) is 0 Å². The molecular weight excluding hydrogens is 128 g/mol. The van der Waals surface area contributed by atoms with Crippen LogP contribution < -0.4 is 0 Å². The Labute approximate surface area is 60.8 Å². The topological polar surface area (TPSA) is 40.5 Å². The van der Waals surface area contributed by atoms with Gasteiger partial charge in [0.05, 0.1) is 5.76 Å². The molecule has 0 fully saturated rings. The van der Waals surface area contributed by atoms with Crippen LogP contribution in [0.4, 0.5) is 0 Å². The zero-order valence-electron chi connectivity index (χ0n) is 6.20. The van der Waals surface area contributed by atoms with Crippen LogP contribution in [-0.2, 0) is 0 Å². The maximum absolute atomic E-state index is 8.83. The highest BCUT2D eigenvalue weighted by Crippen LogP contribution is 1.91. The van der Waals surface area contributed by atoms with E-state index in [4.69, 9.17) is 10.2 Å². The van der Waals surface area contributed by atoms with E-state index in [2.05, 4.69) is 0 Å². The zero-order valence-corrected chi connectivity index (χ0v) is 6.20. The fraction of sp³-hybridized carbons (Fsp3) is 0.250. The van der Waals surface area contributed by atoms with Crippen LogP contribution in [0.2, 0.25) is 0 Å². The molecule has 0 saturated heterocycles. The molecule has 0 aliphatic rings. The van der Waals surface area contributed by atoms with Gasteiger partial charge in [0.15, 0.2) is 0 Å². The minimum atomic E-state index is 0.192. The average Bonchev–Trinajstić information content (AvgIpc) is 1.87. The summed E-state index contributed by atoms with van der Waals surface area (Å²) in [6.07, 6.45) is 6.14. The standard InChI is InChI=1S/C8H12O2/c1-3-8(10)6-4-5-7(2)9/h3-6,9-10H,1-2H3/b6-4+,7-5-,8-3-. The van der Waals surface area contributed by atoms with E-state index in [9.17, 15) is 0 Å². The summed E-state index contributed by atoms with van der Waals surface area (Å²) in [5.41, 5.74) is 0. The molecule has 2 nitrogen and oxygen atoms in total. The predicted octanol–water partition coefficient (Wildman–Crippen LogP) is 2.47. The van der Waals surface area contributed by atoms with Crippen molar-refractivity contribution in [2.75, 3.05) is 0 Å². The fourth-order valence-electron chi connectivity index (χ4n) is 0.382. The number of hydrogen-bond donors (Lipinski definition) is 2. The minimum Gasteiger partial charge on any atom is -0.513 e. The summed E-state index contributed by atoms with van der Waals surface area (Å²) in [4.78, 5) is 0. The highest BCUT2D eigenvalue weighted by Gasteiger charge is 1.77. The van der Waals surface area contributed by atoms with Crippen LogP contribution >= 0.6 is 0 Å². The second-order valence-corrected chi connectivity index (χ2v) is 1.88. The SMILES string of the molecule is C/C=C(O)/C=C/C=C(/C)O. The summed E-state index contributed by atoms with van der Waals surface area (Å²) in [6, 6.07) is 0. The molecule has 2 heteroatoms. The van der Waals surface area contributed by atoms with Crippen LogP contribution in [0.3, 0.4) is 0 Å². The molecule has 0 aromatic heterocycles. The lowest BCUT2D eigenvalue weighted by Crippen LogP contribution is -1.70. The van der Waals surface area contributed by atoms with Crippen LogP contribution in [-0.4, -0.2) is 10.2 Å². The van der Waals surface area contributed by atoms with Crippen molar-refractivity contribution in [3.05, 3.63) is 35.8 Å². The van der Waals surface area contributed by atoms with Gasteiger partial charge >= 0.3 is 0 Å². The Morgan fingerprint density at radius 3 is 2.30 bits per heavy atom. The normalized spacial score (nSPS) is 14.6. The smallest absolute Gasteiger partial charge is 0.111 e. The van der Waals surface area contributed by atoms with E-state index in [0.717, 1.165) is 0 Å². The van der Waals surface area contributed by atoms with E-state index in [-0.39, 0.29) is 11.5 Å². The maximum atomic E-state index is 8.83. The molecule has 0 aromatic carbocycles. The van der Waals surface area contributed by atoms with Gasteiger partial charge in [-0.15, -0.1) is 0 Å². The summed E-state index contributed by atoms with van der Waals surface area (Å²) in [5.74, 6) is 0.414. The van der Waals surface area contributed by atoms with Crippen LogP contribution in [0.1, 0.15) is 13.8 Å². The van der Waals surface area contributed by atoms with Gasteiger partial charge in [0, 0.05) is 0 Å². The number of allylic oxidation sites excluding steroid dienone is 5. The number of aliphatic hydroxyl groups is 2. The molecule has 0 aliphatic carbocycles. The molecule has 2 N–H and O–H groups in total. The van der Waals surface area contributed by atoms with Crippen molar-refractivity contribution in [2.24, 2.45) is 0 Å². The third kappa shape index (κ3) is 4.97. The Hall–Kier alpha value is -1.18. The third-order valence-corrected chi connectivity index (χ3v) is 0.900. The molecule has 0 atom stereocenters. The van der Waals surface area contributed by atoms with Gasteiger partial charge in [-0.1, -0.05) is 6.08 Å². The Bertz CT molecular complexity index is 172. The molecule has 0 heterocycles. The first-order valence-corrected chi connectivity index (χ1v) is 3.06. The Morgan fingerprint density at radius 1 is 1.30 bits per heavy atom. The molecule has 0 saturated carbocycles. The minimum absolute atomic E-state index is 0.192. The number of rotatable bonds is 2. The largest absolute Gasteiger partial charge is 0.513 e. The van der Waals surface area contributed by atoms with Gasteiger partial charge in [-0.05, 0) is 32.1 Å². The lowest BCUT2D eigenvalue weighted by molar-refractivity contribution is 0.414. The van der Waals surface area contributed by atoms with Gasteiger partial charge in [-0.3, -0.25) is 0 Å². The molecule has 0 radical (unpaired) electrons. The van der Waals surface area contributed by atoms with Crippen LogP contribution in [0, 0.1) is 0 Å². The molecular formula is C8H12O2. The Kier molecular flexibility index (Phi) is 4.12. The molecule has 0 bridgehead atoms. The first-order valence-electron chi connectivity index (χ1n) is 3.06. The van der Waals surface area contributed by atoms with Crippen molar-refractivity contribution in [1.29, 1.82) is 0 Å². The van der Waals surface area contributed by atoms with Gasteiger partial charge in [0.25, 0.3) is 0 Å². The molecule has 10 heavy (non-hydrogen) atoms. The molecule has 0 unspecified atom stereocenters. The van der Waals surface area contributed by atoms with Crippen LogP contribution in [0.15, 0.2) is 35.8 Å². The second-order valence-electron chi connectivity index (χ2n) is 1.88. The number of aliphatic hydroxyl groups excluding tert-OH is 2. The zero-order chi connectivity index (χ0) is 7.98. The van der Waals surface area contributed by atoms with Crippen molar-refractivity contribution >= 4 is 0 Å². The summed E-state index contributed by atoms with van der Waals surface area (Å²) < 4.78 is 0. The molecule has 0 aromatic rings. The summed E-state index contributed by atoms with van der Waals surface area (Å²) >= 11 is 0. The molecule has 0 spiro atoms. The lowest BCUT2D eigenvalue weighted by atomic mass is 10.4. The lowest BCUT2D eigenvalue weighted by Gasteiger charge is -1.85. The fourth-order valence-corrected chi connectivity index (χ4v) is 0.382. The second kappa shape index (κ2) is 4.68. The van der Waals surface area contributed by atoms with E-state index in [0.29, 0.717) is 0 Å². The quantitative estimate of drug-likeness (QED) is 0.457. The molecule has 0 aliphatic heterocycles. The van der Waals surface area contributed by atoms with Crippen molar-refractivity contribution < 1.29 is 10.2 Å². The van der Waals surface area contributed by atoms with Crippen LogP contribution in [0.5, 0.6) is 0 Å². The summed E-state index contributed by atoms with van der Waals surface area (Å²) in [5, 5.41) is 17.5. The van der Waals surface area contributed by atoms with Crippen molar-refractivity contribution in [3.8, 4) is 0 Å². The first kappa shape index (κ1) is 8.82. The first-order chi connectivity index (χ1) is 4.66. The maximum Gasteiger partial charge on any atom is 0.111 e. The van der Waals surface area contributed by atoms with Crippen molar-refractivity contribution in [3.63, 3.8) is 0 Å². The highest BCUT2D eigenvalue weighted by molar-refractivity contribution is 5.16. The van der Waals surface area contributed by atoms with E-state index in [1.165, 1.54) is 12.2 Å². The molecule has 56 valence electrons. The third-order valence-electron chi connectivity index (χ3n) is 0.900. The molecule has 0 rings (SSSR count). The van der Waals surface area contributed by atoms with Gasteiger partial charge in [0.1, 0.15) is 5.76 Å². The van der Waals surface area contributed by atoms with Crippen molar-refractivity contribution in [2.45, 2.75) is 13.8 Å². The van der Waals surface area contributed by atoms with Gasteiger partial charge < -0.3 is 10.2 Å². The molecule has 0 amide bonds. The predicted molar refractivity (Wildman–Crippen MR) is 41.9 cm³/mol. The number of hydrogen-bond acceptors (Lipinski definition) is 2. The van der Waals surface area contributed by atoms with E-state index in [1.807, 2.05) is 0 Å². The van der Waals surface area contributed by atoms with Gasteiger partial charge in [-0.25, -0.2) is 0 Å². The van der Waals surface area contributed by atoms with E-state index in [1.54, 1.807) is 26.0 Å². The summed E-state index contributed by atoms with van der Waals surface area (Å²) in [7, 11) is 0. The van der Waals surface area contributed by atoms with Crippen molar-refractivity contribution in [1.82, 2.24) is 0 Å². The van der Waals surface area contributed by atoms with Crippen LogP contribution in [0.25, 0.3) is 0 Å². The van der Waals surface area contributed by atoms with E-state index < -0.39 is 0 Å². The van der Waals surface area contributed by atoms with E-state index >= 15 is 0 Å².